The van der Waals surface area contributed by atoms with Crippen LogP contribution in [0.3, 0.4) is 0 Å². The molecule has 0 aliphatic rings. The minimum atomic E-state index is 0.144. The molecular weight excluding hydrogens is 110 g/mol. The molecule has 7 heavy (non-hydrogen) atoms. The third-order valence-electron chi connectivity index (χ3n) is 0.543. The SMILES string of the molecule is C=C(Cl)CC(C)N. The normalized spacial score (nSPS) is 13.6. The van der Waals surface area contributed by atoms with Crippen LogP contribution in [0.2, 0.25) is 0 Å². The van der Waals surface area contributed by atoms with Crippen molar-refractivity contribution >= 4 is 11.6 Å². The molecule has 0 rings (SSSR count). The monoisotopic (exact) mass is 119 g/mol. The first-order valence-corrected chi connectivity index (χ1v) is 2.59. The Hall–Kier alpha value is -0.0100. The number of hydrogen-bond donors (Lipinski definition) is 1. The largest absolute Gasteiger partial charge is 0.328 e. The fourth-order valence-electron chi connectivity index (χ4n) is 0.349. The summed E-state index contributed by atoms with van der Waals surface area (Å²) in [5.74, 6) is 0. The summed E-state index contributed by atoms with van der Waals surface area (Å²) in [7, 11) is 0. The van der Waals surface area contributed by atoms with Gasteiger partial charge in [0.05, 0.1) is 0 Å². The lowest BCUT2D eigenvalue weighted by Gasteiger charge is -1.98. The van der Waals surface area contributed by atoms with Crippen molar-refractivity contribution in [3.63, 3.8) is 0 Å². The second-order valence-electron chi connectivity index (χ2n) is 1.70. The second-order valence-corrected chi connectivity index (χ2v) is 2.23. The predicted molar refractivity (Wildman–Crippen MR) is 33.3 cm³/mol. The van der Waals surface area contributed by atoms with Crippen LogP contribution in [0, 0.1) is 0 Å². The molecule has 0 aromatic heterocycles. The van der Waals surface area contributed by atoms with Gasteiger partial charge < -0.3 is 5.73 Å². The van der Waals surface area contributed by atoms with Gasteiger partial charge in [-0.15, -0.1) is 0 Å². The van der Waals surface area contributed by atoms with Crippen LogP contribution in [-0.4, -0.2) is 6.04 Å². The van der Waals surface area contributed by atoms with Gasteiger partial charge in [-0.1, -0.05) is 18.2 Å². The highest BCUT2D eigenvalue weighted by atomic mass is 35.5. The smallest absolute Gasteiger partial charge is 0.0124 e. The molecule has 0 saturated heterocycles. The summed E-state index contributed by atoms with van der Waals surface area (Å²) in [6, 6.07) is 0.144. The van der Waals surface area contributed by atoms with E-state index in [-0.39, 0.29) is 6.04 Å². The van der Waals surface area contributed by atoms with Crippen LogP contribution >= 0.6 is 11.6 Å². The van der Waals surface area contributed by atoms with E-state index in [0.29, 0.717) is 11.5 Å². The molecule has 0 aliphatic carbocycles. The van der Waals surface area contributed by atoms with Gasteiger partial charge in [0.1, 0.15) is 0 Å². The first-order valence-electron chi connectivity index (χ1n) is 2.22. The minimum Gasteiger partial charge on any atom is -0.328 e. The molecule has 42 valence electrons. The van der Waals surface area contributed by atoms with Gasteiger partial charge in [0.2, 0.25) is 0 Å². The van der Waals surface area contributed by atoms with Gasteiger partial charge in [-0.25, -0.2) is 0 Å². The van der Waals surface area contributed by atoms with Gasteiger partial charge in [0, 0.05) is 11.1 Å². The molecule has 0 amide bonds. The van der Waals surface area contributed by atoms with Gasteiger partial charge in [0.15, 0.2) is 0 Å². The second kappa shape index (κ2) is 3.05. The van der Waals surface area contributed by atoms with Crippen molar-refractivity contribution in [2.45, 2.75) is 19.4 Å². The number of nitrogens with two attached hydrogens (primary N) is 1. The molecule has 2 N–H and O–H groups in total. The van der Waals surface area contributed by atoms with Gasteiger partial charge in [-0.2, -0.15) is 0 Å². The average Bonchev–Trinajstić information content (AvgIpc) is 1.27. The maximum atomic E-state index is 5.40. The molecule has 0 aromatic rings. The fourth-order valence-corrected chi connectivity index (χ4v) is 0.593. The Morgan fingerprint density at radius 3 is 2.43 bits per heavy atom. The third-order valence-corrected chi connectivity index (χ3v) is 0.698. The predicted octanol–water partition coefficient (Wildman–Crippen LogP) is 1.48. The Labute approximate surface area is 49.2 Å². The molecule has 2 heteroatoms. The Morgan fingerprint density at radius 1 is 2.00 bits per heavy atom. The van der Waals surface area contributed by atoms with Crippen LogP contribution in [0.1, 0.15) is 13.3 Å². The molecular formula is C5H10ClN. The lowest BCUT2D eigenvalue weighted by molar-refractivity contribution is 0.751. The zero-order chi connectivity index (χ0) is 5.86. The number of rotatable bonds is 2. The molecule has 1 unspecified atom stereocenters. The summed E-state index contributed by atoms with van der Waals surface area (Å²) in [5.41, 5.74) is 5.35. The van der Waals surface area contributed by atoms with E-state index in [1.165, 1.54) is 0 Å². The van der Waals surface area contributed by atoms with Crippen LogP contribution < -0.4 is 5.73 Å². The summed E-state index contributed by atoms with van der Waals surface area (Å²) in [6.45, 7) is 5.38. The van der Waals surface area contributed by atoms with E-state index in [1.54, 1.807) is 0 Å². The van der Waals surface area contributed by atoms with Gasteiger partial charge in [-0.05, 0) is 13.3 Å². The highest BCUT2D eigenvalue weighted by Gasteiger charge is 1.92. The van der Waals surface area contributed by atoms with Crippen molar-refractivity contribution in [2.24, 2.45) is 5.73 Å². The zero-order valence-corrected chi connectivity index (χ0v) is 5.20. The Kier molecular flexibility index (Phi) is 3.05. The lowest BCUT2D eigenvalue weighted by Crippen LogP contribution is -2.13. The van der Waals surface area contributed by atoms with E-state index in [2.05, 4.69) is 6.58 Å². The minimum absolute atomic E-state index is 0.144. The van der Waals surface area contributed by atoms with Crippen LogP contribution in [0.15, 0.2) is 11.6 Å². The Morgan fingerprint density at radius 2 is 2.43 bits per heavy atom. The maximum absolute atomic E-state index is 5.40. The van der Waals surface area contributed by atoms with E-state index < -0.39 is 0 Å². The lowest BCUT2D eigenvalue weighted by atomic mass is 10.2. The van der Waals surface area contributed by atoms with Crippen LogP contribution in [-0.2, 0) is 0 Å². The molecule has 0 aliphatic heterocycles. The molecule has 1 atom stereocenters. The Balaban J connectivity index is 3.13. The molecule has 0 fully saturated rings. The van der Waals surface area contributed by atoms with E-state index in [0.717, 1.165) is 0 Å². The van der Waals surface area contributed by atoms with E-state index in [9.17, 15) is 0 Å². The van der Waals surface area contributed by atoms with Gasteiger partial charge >= 0.3 is 0 Å². The maximum Gasteiger partial charge on any atom is 0.0124 e. The third kappa shape index (κ3) is 5.99. The molecule has 0 aromatic carbocycles. The van der Waals surface area contributed by atoms with E-state index >= 15 is 0 Å². The van der Waals surface area contributed by atoms with Gasteiger partial charge in [-0.3, -0.25) is 0 Å². The van der Waals surface area contributed by atoms with Crippen molar-refractivity contribution in [1.82, 2.24) is 0 Å². The standard InChI is InChI=1S/C5H10ClN/c1-4(6)3-5(2)7/h5H,1,3,7H2,2H3. The van der Waals surface area contributed by atoms with E-state index in [1.807, 2.05) is 6.92 Å². The summed E-state index contributed by atoms with van der Waals surface area (Å²) in [4.78, 5) is 0. The molecule has 0 heterocycles. The Bertz CT molecular complexity index is 68.5. The van der Waals surface area contributed by atoms with Crippen molar-refractivity contribution < 1.29 is 0 Å². The van der Waals surface area contributed by atoms with Crippen molar-refractivity contribution in [1.29, 1.82) is 0 Å². The van der Waals surface area contributed by atoms with Crippen LogP contribution in [0.4, 0.5) is 0 Å². The number of halogens is 1. The first-order chi connectivity index (χ1) is 3.13. The van der Waals surface area contributed by atoms with Crippen molar-refractivity contribution in [3.8, 4) is 0 Å². The topological polar surface area (TPSA) is 26.0 Å². The zero-order valence-electron chi connectivity index (χ0n) is 4.45. The van der Waals surface area contributed by atoms with Gasteiger partial charge in [0.25, 0.3) is 0 Å². The molecule has 1 nitrogen and oxygen atoms in total. The summed E-state index contributed by atoms with van der Waals surface area (Å²) < 4.78 is 0. The summed E-state index contributed by atoms with van der Waals surface area (Å²) in [5, 5.41) is 0.634. The average molecular weight is 120 g/mol. The summed E-state index contributed by atoms with van der Waals surface area (Å²) >= 11 is 5.40. The quantitative estimate of drug-likeness (QED) is 0.586. The van der Waals surface area contributed by atoms with Crippen molar-refractivity contribution in [2.75, 3.05) is 0 Å². The number of hydrogen-bond acceptors (Lipinski definition) is 1. The highest BCUT2D eigenvalue weighted by Crippen LogP contribution is 2.03. The van der Waals surface area contributed by atoms with Crippen LogP contribution in [0.5, 0.6) is 0 Å². The molecule has 0 saturated carbocycles. The molecule has 0 spiro atoms. The fraction of sp³-hybridized carbons (Fsp3) is 0.600. The first kappa shape index (κ1) is 6.99. The molecule has 0 radical (unpaired) electrons. The van der Waals surface area contributed by atoms with E-state index in [4.69, 9.17) is 17.3 Å². The van der Waals surface area contributed by atoms with Crippen molar-refractivity contribution in [3.05, 3.63) is 11.6 Å². The highest BCUT2D eigenvalue weighted by molar-refractivity contribution is 6.29. The van der Waals surface area contributed by atoms with Crippen LogP contribution in [0.25, 0.3) is 0 Å². The molecule has 0 bridgehead atoms. The summed E-state index contributed by atoms with van der Waals surface area (Å²) in [6.07, 6.45) is 0.710.